The van der Waals surface area contributed by atoms with Crippen LogP contribution in [0.2, 0.25) is 0 Å². The molecule has 0 spiro atoms. The third-order valence-electron chi connectivity index (χ3n) is 3.24. The Morgan fingerprint density at radius 3 is 2.82 bits per heavy atom. The van der Waals surface area contributed by atoms with Gasteiger partial charge in [0.05, 0.1) is 6.61 Å². The number of ether oxygens (including phenoxy) is 1. The second kappa shape index (κ2) is 5.09. The smallest absolute Gasteiger partial charge is 0.122 e. The van der Waals surface area contributed by atoms with E-state index in [0.717, 1.165) is 25.4 Å². The average Bonchev–Trinajstić information content (AvgIpc) is 2.67. The molecule has 0 aromatic heterocycles. The van der Waals surface area contributed by atoms with Crippen LogP contribution in [0.3, 0.4) is 0 Å². The van der Waals surface area contributed by atoms with Gasteiger partial charge in [-0.3, -0.25) is 0 Å². The van der Waals surface area contributed by atoms with E-state index in [-0.39, 0.29) is 0 Å². The summed E-state index contributed by atoms with van der Waals surface area (Å²) in [7, 11) is 0. The minimum Gasteiger partial charge on any atom is -0.493 e. The van der Waals surface area contributed by atoms with Gasteiger partial charge in [0, 0.05) is 18.0 Å². The largest absolute Gasteiger partial charge is 0.493 e. The van der Waals surface area contributed by atoms with Crippen molar-refractivity contribution in [2.75, 3.05) is 19.7 Å². The summed E-state index contributed by atoms with van der Waals surface area (Å²) in [6.45, 7) is 9.77. The highest BCUT2D eigenvalue weighted by molar-refractivity contribution is 5.39. The quantitative estimate of drug-likeness (QED) is 0.806. The summed E-state index contributed by atoms with van der Waals surface area (Å²) in [4.78, 5) is 0. The van der Waals surface area contributed by atoms with E-state index in [9.17, 15) is 0 Å². The standard InChI is InChI=1S/C15H23NO/c1-15(2,3)8-9-16-10-12-11-17-14-7-5-4-6-13(12)14/h4-7,12,16H,8-11H2,1-3H3. The van der Waals surface area contributed by atoms with Gasteiger partial charge >= 0.3 is 0 Å². The Morgan fingerprint density at radius 1 is 1.29 bits per heavy atom. The lowest BCUT2D eigenvalue weighted by Crippen LogP contribution is -2.26. The zero-order chi connectivity index (χ0) is 12.3. The van der Waals surface area contributed by atoms with Gasteiger partial charge < -0.3 is 10.1 Å². The fraction of sp³-hybridized carbons (Fsp3) is 0.600. The van der Waals surface area contributed by atoms with Gasteiger partial charge in [-0.05, 0) is 24.4 Å². The summed E-state index contributed by atoms with van der Waals surface area (Å²) in [5.74, 6) is 1.58. The Hall–Kier alpha value is -1.02. The molecule has 1 aliphatic rings. The van der Waals surface area contributed by atoms with Gasteiger partial charge in [-0.15, -0.1) is 0 Å². The number of para-hydroxylation sites is 1. The third kappa shape index (κ3) is 3.47. The summed E-state index contributed by atoms with van der Waals surface area (Å²) >= 11 is 0. The molecule has 0 aliphatic carbocycles. The van der Waals surface area contributed by atoms with Crippen LogP contribution in [0.5, 0.6) is 5.75 Å². The molecule has 1 aliphatic heterocycles. The molecule has 1 atom stereocenters. The maximum absolute atomic E-state index is 5.67. The van der Waals surface area contributed by atoms with E-state index in [4.69, 9.17) is 4.74 Å². The van der Waals surface area contributed by atoms with Crippen LogP contribution in [-0.4, -0.2) is 19.7 Å². The predicted octanol–water partition coefficient (Wildman–Crippen LogP) is 3.19. The lowest BCUT2D eigenvalue weighted by molar-refractivity contribution is 0.320. The topological polar surface area (TPSA) is 21.3 Å². The fourth-order valence-corrected chi connectivity index (χ4v) is 2.14. The van der Waals surface area contributed by atoms with Crippen molar-refractivity contribution in [1.82, 2.24) is 5.32 Å². The highest BCUT2D eigenvalue weighted by atomic mass is 16.5. The summed E-state index contributed by atoms with van der Waals surface area (Å²) < 4.78 is 5.67. The van der Waals surface area contributed by atoms with Crippen molar-refractivity contribution in [3.8, 4) is 5.75 Å². The highest BCUT2D eigenvalue weighted by Gasteiger charge is 2.23. The normalized spacial score (nSPS) is 18.9. The van der Waals surface area contributed by atoms with Crippen molar-refractivity contribution < 1.29 is 4.74 Å². The molecule has 1 aromatic rings. The molecular formula is C15H23NO. The molecule has 94 valence electrons. The van der Waals surface area contributed by atoms with Crippen LogP contribution >= 0.6 is 0 Å². The van der Waals surface area contributed by atoms with Crippen molar-refractivity contribution >= 4 is 0 Å². The lowest BCUT2D eigenvalue weighted by atomic mass is 9.92. The molecule has 2 nitrogen and oxygen atoms in total. The van der Waals surface area contributed by atoms with Crippen LogP contribution in [0, 0.1) is 5.41 Å². The Balaban J connectivity index is 1.78. The van der Waals surface area contributed by atoms with E-state index < -0.39 is 0 Å². The van der Waals surface area contributed by atoms with Crippen molar-refractivity contribution in [3.05, 3.63) is 29.8 Å². The van der Waals surface area contributed by atoms with E-state index in [1.165, 1.54) is 12.0 Å². The molecule has 1 N–H and O–H groups in total. The molecular weight excluding hydrogens is 210 g/mol. The zero-order valence-electron chi connectivity index (χ0n) is 11.1. The summed E-state index contributed by atoms with van der Waals surface area (Å²) in [5, 5.41) is 3.54. The second-order valence-electron chi connectivity index (χ2n) is 6.06. The fourth-order valence-electron chi connectivity index (χ4n) is 2.14. The average molecular weight is 233 g/mol. The van der Waals surface area contributed by atoms with Gasteiger partial charge in [-0.2, -0.15) is 0 Å². The van der Waals surface area contributed by atoms with Crippen LogP contribution in [-0.2, 0) is 0 Å². The van der Waals surface area contributed by atoms with Gasteiger partial charge in [0.1, 0.15) is 5.75 Å². The Morgan fingerprint density at radius 2 is 2.06 bits per heavy atom. The van der Waals surface area contributed by atoms with Crippen molar-refractivity contribution in [2.24, 2.45) is 5.41 Å². The molecule has 1 unspecified atom stereocenters. The van der Waals surface area contributed by atoms with Crippen LogP contribution in [0.25, 0.3) is 0 Å². The maximum atomic E-state index is 5.67. The van der Waals surface area contributed by atoms with Crippen LogP contribution < -0.4 is 10.1 Å². The summed E-state index contributed by atoms with van der Waals surface area (Å²) in [6.07, 6.45) is 1.21. The van der Waals surface area contributed by atoms with E-state index in [1.54, 1.807) is 0 Å². The van der Waals surface area contributed by atoms with E-state index in [0.29, 0.717) is 11.3 Å². The van der Waals surface area contributed by atoms with Crippen molar-refractivity contribution in [2.45, 2.75) is 33.1 Å². The van der Waals surface area contributed by atoms with E-state index in [2.05, 4.69) is 44.3 Å². The maximum Gasteiger partial charge on any atom is 0.122 e. The minimum atomic E-state index is 0.414. The first kappa shape index (κ1) is 12.4. The number of hydrogen-bond donors (Lipinski definition) is 1. The van der Waals surface area contributed by atoms with Gasteiger partial charge in [0.2, 0.25) is 0 Å². The molecule has 17 heavy (non-hydrogen) atoms. The molecule has 1 heterocycles. The molecule has 2 heteroatoms. The third-order valence-corrected chi connectivity index (χ3v) is 3.24. The molecule has 0 saturated carbocycles. The first-order valence-electron chi connectivity index (χ1n) is 6.49. The first-order chi connectivity index (χ1) is 8.06. The zero-order valence-corrected chi connectivity index (χ0v) is 11.1. The van der Waals surface area contributed by atoms with Gasteiger partial charge in [0.15, 0.2) is 0 Å². The van der Waals surface area contributed by atoms with Gasteiger partial charge in [-0.1, -0.05) is 39.0 Å². The number of fused-ring (bicyclic) bond motifs is 1. The van der Waals surface area contributed by atoms with Crippen LogP contribution in [0.15, 0.2) is 24.3 Å². The summed E-state index contributed by atoms with van der Waals surface area (Å²) in [6, 6.07) is 8.37. The monoisotopic (exact) mass is 233 g/mol. The Bertz CT molecular complexity index is 367. The number of rotatable bonds is 4. The molecule has 0 radical (unpaired) electrons. The van der Waals surface area contributed by atoms with E-state index >= 15 is 0 Å². The first-order valence-corrected chi connectivity index (χ1v) is 6.49. The number of nitrogens with one attached hydrogen (secondary N) is 1. The molecule has 0 fully saturated rings. The van der Waals surface area contributed by atoms with Gasteiger partial charge in [-0.25, -0.2) is 0 Å². The Labute approximate surface area is 104 Å². The molecule has 1 aromatic carbocycles. The Kier molecular flexibility index (Phi) is 3.72. The second-order valence-corrected chi connectivity index (χ2v) is 6.06. The number of benzene rings is 1. The lowest BCUT2D eigenvalue weighted by Gasteiger charge is -2.19. The van der Waals surface area contributed by atoms with Crippen molar-refractivity contribution in [3.63, 3.8) is 0 Å². The molecule has 2 rings (SSSR count). The van der Waals surface area contributed by atoms with Crippen LogP contribution in [0.1, 0.15) is 38.7 Å². The van der Waals surface area contributed by atoms with Crippen molar-refractivity contribution in [1.29, 1.82) is 0 Å². The summed E-state index contributed by atoms with van der Waals surface area (Å²) in [5.41, 5.74) is 1.77. The highest BCUT2D eigenvalue weighted by Crippen LogP contribution is 2.32. The SMILES string of the molecule is CC(C)(C)CCNCC1COc2ccccc21. The van der Waals surface area contributed by atoms with Gasteiger partial charge in [0.25, 0.3) is 0 Å². The molecule has 0 bridgehead atoms. The van der Waals surface area contributed by atoms with E-state index in [1.807, 2.05) is 6.07 Å². The van der Waals surface area contributed by atoms with Crippen LogP contribution in [0.4, 0.5) is 0 Å². The molecule has 0 saturated heterocycles. The molecule has 0 amide bonds. The minimum absolute atomic E-state index is 0.414. The number of hydrogen-bond acceptors (Lipinski definition) is 2. The predicted molar refractivity (Wildman–Crippen MR) is 71.6 cm³/mol.